The molecule has 3 aromatic rings. The van der Waals surface area contributed by atoms with E-state index in [1.807, 2.05) is 18.2 Å². The summed E-state index contributed by atoms with van der Waals surface area (Å²) < 4.78 is 5.07. The van der Waals surface area contributed by atoms with Crippen LogP contribution in [-0.4, -0.2) is 23.0 Å². The van der Waals surface area contributed by atoms with E-state index in [0.29, 0.717) is 15.8 Å². The van der Waals surface area contributed by atoms with Crippen molar-refractivity contribution in [2.24, 2.45) is 0 Å². The number of methoxy groups -OCH3 is 1. The van der Waals surface area contributed by atoms with Crippen LogP contribution in [-0.2, 0) is 0 Å². The first kappa shape index (κ1) is 13.7. The number of carbonyl (C=O) groups excluding carboxylic acids is 1. The van der Waals surface area contributed by atoms with Gasteiger partial charge in [0.15, 0.2) is 5.13 Å². The minimum atomic E-state index is -0.190. The van der Waals surface area contributed by atoms with E-state index in [2.05, 4.69) is 15.3 Å². The van der Waals surface area contributed by atoms with Crippen molar-refractivity contribution in [2.75, 3.05) is 12.4 Å². The maximum Gasteiger partial charge on any atom is 0.267 e. The third-order valence-corrected chi connectivity index (χ3v) is 4.52. The Balaban J connectivity index is 1.74. The number of amides is 1. The molecule has 0 aliphatic carbocycles. The van der Waals surface area contributed by atoms with Gasteiger partial charge in [-0.25, -0.2) is 4.98 Å². The van der Waals surface area contributed by atoms with Crippen LogP contribution in [0.15, 0.2) is 42.0 Å². The fourth-order valence-electron chi connectivity index (χ4n) is 1.66. The molecule has 0 saturated heterocycles. The van der Waals surface area contributed by atoms with Gasteiger partial charge in [0.2, 0.25) is 0 Å². The second-order valence-electron chi connectivity index (χ2n) is 4.05. The largest absolute Gasteiger partial charge is 0.496 e. The Labute approximate surface area is 129 Å². The summed E-state index contributed by atoms with van der Waals surface area (Å²) in [6.07, 6.45) is 3.43. The average Bonchev–Trinajstić information content (AvgIpc) is 3.17. The highest BCUT2D eigenvalue weighted by Crippen LogP contribution is 2.28. The Morgan fingerprint density at radius 3 is 2.95 bits per heavy atom. The van der Waals surface area contributed by atoms with E-state index in [1.54, 1.807) is 30.9 Å². The molecule has 1 N–H and O–H groups in total. The fraction of sp³-hybridized carbons (Fsp3) is 0.0714. The fourth-order valence-corrected chi connectivity index (χ4v) is 3.20. The molecule has 21 heavy (non-hydrogen) atoms. The lowest BCUT2D eigenvalue weighted by Gasteiger charge is -1.97. The molecule has 0 saturated carbocycles. The molecule has 0 radical (unpaired) electrons. The van der Waals surface area contributed by atoms with Crippen molar-refractivity contribution in [3.63, 3.8) is 0 Å². The third kappa shape index (κ3) is 3.09. The van der Waals surface area contributed by atoms with Crippen molar-refractivity contribution in [1.82, 2.24) is 9.97 Å². The van der Waals surface area contributed by atoms with Gasteiger partial charge in [-0.3, -0.25) is 15.1 Å². The maximum atomic E-state index is 12.1. The number of nitrogens with zero attached hydrogens (tertiary/aromatic N) is 2. The summed E-state index contributed by atoms with van der Waals surface area (Å²) in [6, 6.07) is 7.38. The molecular formula is C14H11N3O2S2. The van der Waals surface area contributed by atoms with E-state index in [0.717, 1.165) is 10.6 Å². The zero-order chi connectivity index (χ0) is 14.7. The molecule has 0 spiro atoms. The van der Waals surface area contributed by atoms with Gasteiger partial charge in [-0.2, -0.15) is 0 Å². The van der Waals surface area contributed by atoms with Crippen LogP contribution in [0, 0.1) is 0 Å². The minimum absolute atomic E-state index is 0.190. The number of ether oxygens (including phenoxy) is 1. The van der Waals surface area contributed by atoms with Gasteiger partial charge >= 0.3 is 0 Å². The number of rotatable bonds is 4. The number of thiazole rings is 1. The minimum Gasteiger partial charge on any atom is -0.496 e. The predicted molar refractivity (Wildman–Crippen MR) is 84.2 cm³/mol. The number of pyridine rings is 1. The van der Waals surface area contributed by atoms with E-state index >= 15 is 0 Å². The number of carbonyl (C=O) groups is 1. The Hall–Kier alpha value is -2.25. The molecule has 0 atom stereocenters. The molecule has 0 fully saturated rings. The maximum absolute atomic E-state index is 12.1. The molecule has 0 bridgehead atoms. The summed E-state index contributed by atoms with van der Waals surface area (Å²) in [4.78, 5) is 22.0. The number of thiophene rings is 1. The van der Waals surface area contributed by atoms with Crippen LogP contribution in [0.3, 0.4) is 0 Å². The molecule has 3 rings (SSSR count). The van der Waals surface area contributed by atoms with Gasteiger partial charge < -0.3 is 4.74 Å². The molecule has 0 aliphatic rings. The van der Waals surface area contributed by atoms with Crippen LogP contribution >= 0.6 is 22.7 Å². The summed E-state index contributed by atoms with van der Waals surface area (Å²) in [5.74, 6) is 0.490. The molecule has 0 aromatic carbocycles. The number of aromatic nitrogens is 2. The quantitative estimate of drug-likeness (QED) is 0.799. The zero-order valence-electron chi connectivity index (χ0n) is 11.1. The Bertz CT molecular complexity index is 752. The summed E-state index contributed by atoms with van der Waals surface area (Å²) in [5, 5.41) is 5.12. The lowest BCUT2D eigenvalue weighted by atomic mass is 10.3. The van der Waals surface area contributed by atoms with Gasteiger partial charge in [0, 0.05) is 23.8 Å². The van der Waals surface area contributed by atoms with E-state index in [9.17, 15) is 4.79 Å². The van der Waals surface area contributed by atoms with Crippen LogP contribution in [0.2, 0.25) is 0 Å². The van der Waals surface area contributed by atoms with Crippen molar-refractivity contribution in [3.8, 4) is 16.3 Å². The van der Waals surface area contributed by atoms with Gasteiger partial charge in [-0.1, -0.05) is 17.4 Å². The molecule has 3 heterocycles. The first-order valence-corrected chi connectivity index (χ1v) is 7.77. The highest BCUT2D eigenvalue weighted by atomic mass is 32.1. The Morgan fingerprint density at radius 2 is 2.24 bits per heavy atom. The first-order chi connectivity index (χ1) is 10.3. The smallest absolute Gasteiger partial charge is 0.267 e. The average molecular weight is 317 g/mol. The van der Waals surface area contributed by atoms with Gasteiger partial charge in [0.05, 0.1) is 22.6 Å². The third-order valence-electron chi connectivity index (χ3n) is 2.68. The molecule has 5 nitrogen and oxygen atoms in total. The lowest BCUT2D eigenvalue weighted by molar-refractivity contribution is 0.103. The second-order valence-corrected chi connectivity index (χ2v) is 5.99. The number of nitrogens with one attached hydrogen (secondary N) is 1. The van der Waals surface area contributed by atoms with Crippen LogP contribution in [0.1, 0.15) is 9.67 Å². The first-order valence-electron chi connectivity index (χ1n) is 6.07. The van der Waals surface area contributed by atoms with Gasteiger partial charge in [-0.05, 0) is 12.1 Å². The highest BCUT2D eigenvalue weighted by molar-refractivity contribution is 7.19. The van der Waals surface area contributed by atoms with E-state index < -0.39 is 0 Å². The zero-order valence-corrected chi connectivity index (χ0v) is 12.7. The molecule has 0 unspecified atom stereocenters. The highest BCUT2D eigenvalue weighted by Gasteiger charge is 2.12. The summed E-state index contributed by atoms with van der Waals surface area (Å²) >= 11 is 2.72. The normalized spacial score (nSPS) is 10.3. The van der Waals surface area contributed by atoms with Gasteiger partial charge in [-0.15, -0.1) is 11.3 Å². The second kappa shape index (κ2) is 6.02. The van der Waals surface area contributed by atoms with E-state index in [-0.39, 0.29) is 5.91 Å². The molecule has 3 aromatic heterocycles. The molecule has 1 amide bonds. The van der Waals surface area contributed by atoms with Crippen LogP contribution in [0.4, 0.5) is 5.13 Å². The standard InChI is InChI=1S/C14H11N3O2S2/c1-19-9-6-11(20-8-9)13(18)17-14-16-7-12(21-14)10-4-2-3-5-15-10/h2-8H,1H3,(H,16,17,18). The van der Waals surface area contributed by atoms with E-state index in [1.165, 1.54) is 22.7 Å². The predicted octanol–water partition coefficient (Wildman–Crippen LogP) is 3.53. The summed E-state index contributed by atoms with van der Waals surface area (Å²) in [5.41, 5.74) is 0.841. The van der Waals surface area contributed by atoms with Crippen LogP contribution < -0.4 is 10.1 Å². The molecule has 7 heteroatoms. The van der Waals surface area contributed by atoms with Crippen molar-refractivity contribution in [2.45, 2.75) is 0 Å². The molecule has 106 valence electrons. The van der Waals surface area contributed by atoms with Gasteiger partial charge in [0.25, 0.3) is 5.91 Å². The topological polar surface area (TPSA) is 64.1 Å². The van der Waals surface area contributed by atoms with Crippen molar-refractivity contribution < 1.29 is 9.53 Å². The lowest BCUT2D eigenvalue weighted by Crippen LogP contribution is -2.09. The number of hydrogen-bond donors (Lipinski definition) is 1. The summed E-state index contributed by atoms with van der Waals surface area (Å²) in [6.45, 7) is 0. The monoisotopic (exact) mass is 317 g/mol. The van der Waals surface area contributed by atoms with Gasteiger partial charge in [0.1, 0.15) is 5.75 Å². The molecular weight excluding hydrogens is 306 g/mol. The number of hydrogen-bond acceptors (Lipinski definition) is 6. The number of anilines is 1. The van der Waals surface area contributed by atoms with Crippen LogP contribution in [0.25, 0.3) is 10.6 Å². The van der Waals surface area contributed by atoms with Crippen LogP contribution in [0.5, 0.6) is 5.75 Å². The van der Waals surface area contributed by atoms with Crippen molar-refractivity contribution in [3.05, 3.63) is 46.9 Å². The van der Waals surface area contributed by atoms with Crippen molar-refractivity contribution in [1.29, 1.82) is 0 Å². The molecule has 0 aliphatic heterocycles. The Morgan fingerprint density at radius 1 is 1.33 bits per heavy atom. The van der Waals surface area contributed by atoms with Crippen molar-refractivity contribution >= 4 is 33.7 Å². The Kier molecular flexibility index (Phi) is 3.94. The SMILES string of the molecule is COc1csc(C(=O)Nc2ncc(-c3ccccn3)s2)c1. The van der Waals surface area contributed by atoms with E-state index in [4.69, 9.17) is 4.74 Å². The summed E-state index contributed by atoms with van der Waals surface area (Å²) in [7, 11) is 1.57.